The fourth-order valence-electron chi connectivity index (χ4n) is 2.55. The van der Waals surface area contributed by atoms with Gasteiger partial charge in [-0.15, -0.1) is 24.0 Å². The number of rotatable bonds is 5. The maximum absolute atomic E-state index is 9.88. The number of phenolic OH excluding ortho intramolecular Hbond substituents is 1. The largest absolute Gasteiger partial charge is 0.507 e. The fourth-order valence-corrected chi connectivity index (χ4v) is 2.55. The van der Waals surface area contributed by atoms with E-state index in [1.54, 1.807) is 6.20 Å². The smallest absolute Gasteiger partial charge is 0.213 e. The van der Waals surface area contributed by atoms with E-state index >= 15 is 0 Å². The van der Waals surface area contributed by atoms with Crippen molar-refractivity contribution in [3.8, 4) is 5.75 Å². The summed E-state index contributed by atoms with van der Waals surface area (Å²) < 4.78 is 5.80. The van der Waals surface area contributed by atoms with Crippen molar-refractivity contribution in [3.05, 3.63) is 46.7 Å². The Labute approximate surface area is 178 Å². The molecule has 2 aromatic rings. The van der Waals surface area contributed by atoms with Gasteiger partial charge in [0.05, 0.1) is 19.3 Å². The number of aromatic hydroxyl groups is 1. The van der Waals surface area contributed by atoms with Crippen molar-refractivity contribution in [2.24, 2.45) is 4.99 Å². The second kappa shape index (κ2) is 9.96. The summed E-state index contributed by atoms with van der Waals surface area (Å²) in [6.07, 6.45) is 1.78. The molecule has 6 nitrogen and oxygen atoms in total. The third-order valence-electron chi connectivity index (χ3n) is 4.01. The number of benzene rings is 1. The Kier molecular flexibility index (Phi) is 8.59. The number of guanidine groups is 1. The molecular formula is C20H31IN4O2. The zero-order valence-electron chi connectivity index (χ0n) is 17.0. The van der Waals surface area contributed by atoms with E-state index in [0.717, 1.165) is 29.0 Å². The first-order chi connectivity index (χ1) is 12.2. The Bertz CT molecular complexity index is 756. The number of aryl methyl sites for hydroxylation is 2. The van der Waals surface area contributed by atoms with Crippen molar-refractivity contribution in [2.75, 3.05) is 6.54 Å². The molecule has 0 radical (unpaired) electrons. The lowest BCUT2D eigenvalue weighted by Crippen LogP contribution is -2.36. The maximum atomic E-state index is 9.88. The summed E-state index contributed by atoms with van der Waals surface area (Å²) in [5, 5.41) is 16.4. The van der Waals surface area contributed by atoms with Gasteiger partial charge >= 0.3 is 0 Å². The summed E-state index contributed by atoms with van der Waals surface area (Å²) in [5.74, 6) is 2.55. The molecular weight excluding hydrogens is 455 g/mol. The predicted molar refractivity (Wildman–Crippen MR) is 120 cm³/mol. The second-order valence-corrected chi connectivity index (χ2v) is 7.50. The van der Waals surface area contributed by atoms with E-state index in [1.165, 1.54) is 0 Å². The first kappa shape index (κ1) is 23.3. The number of nitrogens with one attached hydrogen (secondary N) is 2. The molecule has 0 saturated heterocycles. The molecule has 0 aliphatic carbocycles. The highest BCUT2D eigenvalue weighted by atomic mass is 127. The van der Waals surface area contributed by atoms with E-state index in [1.807, 2.05) is 32.9 Å². The van der Waals surface area contributed by atoms with Crippen LogP contribution in [0, 0.1) is 13.8 Å². The summed E-state index contributed by atoms with van der Waals surface area (Å²) in [5.41, 5.74) is 2.73. The lowest BCUT2D eigenvalue weighted by molar-refractivity contribution is 0.379. The molecule has 3 N–H and O–H groups in total. The van der Waals surface area contributed by atoms with Gasteiger partial charge in [0.2, 0.25) is 5.89 Å². The standard InChI is InChI=1S/C20H30N4O2.HI/c1-7-21-19(23-10-15-8-13(2)18(25)14(3)9-15)24-12-17-22-11-16(26-17)20(4,5)6;/h8-9,11,25H,7,10,12H2,1-6H3,(H2,21,23,24);1H. The minimum atomic E-state index is -0.0571. The van der Waals surface area contributed by atoms with Crippen LogP contribution in [-0.4, -0.2) is 22.6 Å². The van der Waals surface area contributed by atoms with E-state index in [2.05, 4.69) is 41.4 Å². The molecule has 150 valence electrons. The van der Waals surface area contributed by atoms with Crippen LogP contribution in [0.4, 0.5) is 0 Å². The van der Waals surface area contributed by atoms with Crippen molar-refractivity contribution in [2.45, 2.75) is 60.0 Å². The minimum absolute atomic E-state index is 0. The number of hydrogen-bond acceptors (Lipinski definition) is 4. The lowest BCUT2D eigenvalue weighted by atomic mass is 9.94. The van der Waals surface area contributed by atoms with Crippen LogP contribution in [0.15, 0.2) is 27.7 Å². The Morgan fingerprint density at radius 1 is 1.19 bits per heavy atom. The van der Waals surface area contributed by atoms with Crippen molar-refractivity contribution in [1.29, 1.82) is 0 Å². The Hall–Kier alpha value is -1.77. The summed E-state index contributed by atoms with van der Waals surface area (Å²) in [7, 11) is 0. The first-order valence-electron chi connectivity index (χ1n) is 8.97. The van der Waals surface area contributed by atoms with Crippen molar-refractivity contribution in [1.82, 2.24) is 15.6 Å². The Morgan fingerprint density at radius 2 is 1.81 bits per heavy atom. The molecule has 0 aliphatic rings. The molecule has 1 aromatic heterocycles. The predicted octanol–water partition coefficient (Wildman–Crippen LogP) is 4.17. The van der Waals surface area contributed by atoms with Gasteiger partial charge in [0.1, 0.15) is 11.5 Å². The van der Waals surface area contributed by atoms with E-state index in [0.29, 0.717) is 30.7 Å². The Balaban J connectivity index is 0.00000364. The monoisotopic (exact) mass is 486 g/mol. The average molecular weight is 486 g/mol. The molecule has 7 heteroatoms. The first-order valence-corrected chi connectivity index (χ1v) is 8.97. The van der Waals surface area contributed by atoms with Gasteiger partial charge in [-0.05, 0) is 37.5 Å². The van der Waals surface area contributed by atoms with Crippen LogP contribution >= 0.6 is 24.0 Å². The fraction of sp³-hybridized carbons (Fsp3) is 0.500. The number of aromatic nitrogens is 1. The van der Waals surface area contributed by atoms with Crippen LogP contribution < -0.4 is 10.6 Å². The molecule has 0 bridgehead atoms. The summed E-state index contributed by atoms with van der Waals surface area (Å²) in [6, 6.07) is 3.91. The van der Waals surface area contributed by atoms with Crippen molar-refractivity contribution < 1.29 is 9.52 Å². The quantitative estimate of drug-likeness (QED) is 0.336. The number of halogens is 1. The number of hydrogen-bond donors (Lipinski definition) is 3. The normalized spacial score (nSPS) is 11.9. The molecule has 1 heterocycles. The van der Waals surface area contributed by atoms with Crippen LogP contribution in [0.1, 0.15) is 56.0 Å². The highest BCUT2D eigenvalue weighted by molar-refractivity contribution is 14.0. The zero-order valence-corrected chi connectivity index (χ0v) is 19.3. The van der Waals surface area contributed by atoms with E-state index in [4.69, 9.17) is 4.42 Å². The molecule has 0 saturated carbocycles. The SMILES string of the molecule is CCNC(=NCc1cc(C)c(O)c(C)c1)NCc1ncc(C(C)(C)C)o1.I. The van der Waals surface area contributed by atoms with E-state index in [9.17, 15) is 5.11 Å². The summed E-state index contributed by atoms with van der Waals surface area (Å²) in [6.45, 7) is 13.9. The van der Waals surface area contributed by atoms with Crippen LogP contribution in [0.3, 0.4) is 0 Å². The van der Waals surface area contributed by atoms with Crippen LogP contribution in [0.2, 0.25) is 0 Å². The molecule has 1 aromatic carbocycles. The molecule has 0 unspecified atom stereocenters. The van der Waals surface area contributed by atoms with Crippen molar-refractivity contribution in [3.63, 3.8) is 0 Å². The van der Waals surface area contributed by atoms with Gasteiger partial charge in [0, 0.05) is 12.0 Å². The number of phenols is 1. The van der Waals surface area contributed by atoms with Gasteiger partial charge in [-0.3, -0.25) is 0 Å². The van der Waals surface area contributed by atoms with Gasteiger partial charge in [-0.1, -0.05) is 32.9 Å². The molecule has 0 atom stereocenters. The van der Waals surface area contributed by atoms with Gasteiger partial charge in [-0.25, -0.2) is 9.98 Å². The summed E-state index contributed by atoms with van der Waals surface area (Å²) >= 11 is 0. The summed E-state index contributed by atoms with van der Waals surface area (Å²) in [4.78, 5) is 8.94. The minimum Gasteiger partial charge on any atom is -0.507 e. The van der Waals surface area contributed by atoms with Crippen molar-refractivity contribution >= 4 is 29.9 Å². The van der Waals surface area contributed by atoms with Gasteiger partial charge < -0.3 is 20.2 Å². The van der Waals surface area contributed by atoms with Crippen LogP contribution in [-0.2, 0) is 18.5 Å². The highest BCUT2D eigenvalue weighted by Gasteiger charge is 2.19. The number of aliphatic imine (C=N–C) groups is 1. The second-order valence-electron chi connectivity index (χ2n) is 7.50. The van der Waals surface area contributed by atoms with Gasteiger partial charge in [-0.2, -0.15) is 0 Å². The van der Waals surface area contributed by atoms with Crippen LogP contribution in [0.5, 0.6) is 5.75 Å². The molecule has 27 heavy (non-hydrogen) atoms. The van der Waals surface area contributed by atoms with Gasteiger partial charge in [0.15, 0.2) is 5.96 Å². The highest BCUT2D eigenvalue weighted by Crippen LogP contribution is 2.23. The van der Waals surface area contributed by atoms with Crippen LogP contribution in [0.25, 0.3) is 0 Å². The maximum Gasteiger partial charge on any atom is 0.213 e. The van der Waals surface area contributed by atoms with E-state index in [-0.39, 0.29) is 29.4 Å². The van der Waals surface area contributed by atoms with E-state index < -0.39 is 0 Å². The molecule has 0 aliphatic heterocycles. The molecule has 2 rings (SSSR count). The Morgan fingerprint density at radius 3 is 2.33 bits per heavy atom. The average Bonchev–Trinajstić information content (AvgIpc) is 3.04. The molecule has 0 spiro atoms. The molecule has 0 amide bonds. The zero-order chi connectivity index (χ0) is 19.3. The van der Waals surface area contributed by atoms with Gasteiger partial charge in [0.25, 0.3) is 0 Å². The topological polar surface area (TPSA) is 82.7 Å². The third-order valence-corrected chi connectivity index (χ3v) is 4.01. The number of nitrogens with zero attached hydrogens (tertiary/aromatic N) is 2. The lowest BCUT2D eigenvalue weighted by Gasteiger charge is -2.13. The number of oxazole rings is 1. The third kappa shape index (κ3) is 6.71. The molecule has 0 fully saturated rings.